The lowest BCUT2D eigenvalue weighted by atomic mass is 9.98. The fraction of sp³-hybridized carbons (Fsp3) is 0.444. The summed E-state index contributed by atoms with van der Waals surface area (Å²) in [5.74, 6) is -0.0980. The molecule has 24 heavy (non-hydrogen) atoms. The fourth-order valence-corrected chi connectivity index (χ4v) is 4.03. The molecule has 0 saturated carbocycles. The Morgan fingerprint density at radius 2 is 1.83 bits per heavy atom. The van der Waals surface area contributed by atoms with Crippen molar-refractivity contribution >= 4 is 29.1 Å². The van der Waals surface area contributed by atoms with Crippen LogP contribution in [0.4, 0.5) is 0 Å². The van der Waals surface area contributed by atoms with Crippen LogP contribution < -0.4 is 10.9 Å². The summed E-state index contributed by atoms with van der Waals surface area (Å²) in [5, 5.41) is 5.01. The summed E-state index contributed by atoms with van der Waals surface area (Å²) >= 11 is 0. The summed E-state index contributed by atoms with van der Waals surface area (Å²) in [6.07, 6.45) is 4.40. The van der Waals surface area contributed by atoms with E-state index in [1.54, 1.807) is 12.1 Å². The number of aromatic amines is 1. The van der Waals surface area contributed by atoms with E-state index in [2.05, 4.69) is 10.3 Å². The van der Waals surface area contributed by atoms with Crippen LogP contribution in [0.25, 0.3) is 10.8 Å². The molecule has 0 radical (unpaired) electrons. The molecule has 1 aromatic heterocycles. The number of piperidine rings is 1. The van der Waals surface area contributed by atoms with E-state index < -0.39 is 0 Å². The van der Waals surface area contributed by atoms with Crippen LogP contribution in [0.1, 0.15) is 36.2 Å². The molecular formula is C18H22ClN3O2. The van der Waals surface area contributed by atoms with E-state index >= 15 is 0 Å². The predicted octanol–water partition coefficient (Wildman–Crippen LogP) is 2.30. The molecule has 2 aromatic rings. The summed E-state index contributed by atoms with van der Waals surface area (Å²) in [5.41, 5.74) is 0.173. The first kappa shape index (κ1) is 17.0. The Morgan fingerprint density at radius 3 is 2.54 bits per heavy atom. The van der Waals surface area contributed by atoms with Crippen molar-refractivity contribution in [3.63, 3.8) is 0 Å². The van der Waals surface area contributed by atoms with E-state index in [1.165, 1.54) is 12.8 Å². The van der Waals surface area contributed by atoms with Crippen LogP contribution >= 0.6 is 12.4 Å². The molecule has 2 bridgehead atoms. The van der Waals surface area contributed by atoms with Gasteiger partial charge in [0.15, 0.2) is 0 Å². The van der Waals surface area contributed by atoms with Crippen molar-refractivity contribution in [3.05, 3.63) is 46.4 Å². The SMILES string of the molecule is CN(C(=O)c1cc2ccccc2c(=O)[nH]1)C1CC2CCC(C1)N2.Cl. The molecule has 0 aliphatic carbocycles. The molecule has 2 unspecified atom stereocenters. The summed E-state index contributed by atoms with van der Waals surface area (Å²) in [6, 6.07) is 10.4. The van der Waals surface area contributed by atoms with Gasteiger partial charge in [0.25, 0.3) is 11.5 Å². The first-order valence-corrected chi connectivity index (χ1v) is 8.27. The zero-order chi connectivity index (χ0) is 16.0. The molecule has 2 atom stereocenters. The highest BCUT2D eigenvalue weighted by Gasteiger charge is 2.36. The molecule has 4 rings (SSSR count). The number of aromatic nitrogens is 1. The molecule has 5 nitrogen and oxygen atoms in total. The first-order valence-electron chi connectivity index (χ1n) is 8.27. The summed E-state index contributed by atoms with van der Waals surface area (Å²) in [7, 11) is 1.85. The lowest BCUT2D eigenvalue weighted by Crippen LogP contribution is -2.49. The normalized spacial score (nSPS) is 25.3. The summed E-state index contributed by atoms with van der Waals surface area (Å²) in [6.45, 7) is 0. The van der Waals surface area contributed by atoms with Gasteiger partial charge in [0, 0.05) is 30.6 Å². The van der Waals surface area contributed by atoms with Gasteiger partial charge in [0.1, 0.15) is 5.69 Å². The van der Waals surface area contributed by atoms with Crippen molar-refractivity contribution in [2.75, 3.05) is 7.05 Å². The molecule has 0 spiro atoms. The van der Waals surface area contributed by atoms with Crippen molar-refractivity contribution in [3.8, 4) is 0 Å². The van der Waals surface area contributed by atoms with E-state index in [9.17, 15) is 9.59 Å². The van der Waals surface area contributed by atoms with Crippen LogP contribution in [0.15, 0.2) is 35.1 Å². The van der Waals surface area contributed by atoms with E-state index in [4.69, 9.17) is 0 Å². The van der Waals surface area contributed by atoms with Crippen molar-refractivity contribution in [2.24, 2.45) is 0 Å². The molecule has 128 valence electrons. The maximum absolute atomic E-state index is 12.8. The number of carbonyl (C=O) groups excluding carboxylic acids is 1. The van der Waals surface area contributed by atoms with E-state index in [0.717, 1.165) is 18.2 Å². The topological polar surface area (TPSA) is 65.2 Å². The monoisotopic (exact) mass is 347 g/mol. The van der Waals surface area contributed by atoms with Crippen molar-refractivity contribution in [2.45, 2.75) is 43.8 Å². The number of fused-ring (bicyclic) bond motifs is 3. The van der Waals surface area contributed by atoms with E-state index in [1.807, 2.05) is 30.1 Å². The van der Waals surface area contributed by atoms with Crippen LogP contribution in [0.3, 0.4) is 0 Å². The summed E-state index contributed by atoms with van der Waals surface area (Å²) in [4.78, 5) is 29.5. The number of carbonyl (C=O) groups is 1. The lowest BCUT2D eigenvalue weighted by molar-refractivity contribution is 0.0675. The quantitative estimate of drug-likeness (QED) is 0.876. The van der Waals surface area contributed by atoms with Crippen LogP contribution in [-0.4, -0.2) is 41.0 Å². The zero-order valence-electron chi connectivity index (χ0n) is 13.6. The average Bonchev–Trinajstić information content (AvgIpc) is 2.91. The predicted molar refractivity (Wildman–Crippen MR) is 96.9 cm³/mol. The van der Waals surface area contributed by atoms with Crippen molar-refractivity contribution in [1.29, 1.82) is 0 Å². The zero-order valence-corrected chi connectivity index (χ0v) is 14.4. The molecule has 2 aliphatic heterocycles. The Morgan fingerprint density at radius 1 is 1.17 bits per heavy atom. The number of H-pyrrole nitrogens is 1. The van der Waals surface area contributed by atoms with E-state index in [0.29, 0.717) is 23.2 Å². The minimum absolute atomic E-state index is 0. The second-order valence-electron chi connectivity index (χ2n) is 6.78. The third-order valence-corrected chi connectivity index (χ3v) is 5.30. The molecule has 2 aliphatic rings. The lowest BCUT2D eigenvalue weighted by Gasteiger charge is -2.35. The largest absolute Gasteiger partial charge is 0.337 e. The highest BCUT2D eigenvalue weighted by Crippen LogP contribution is 2.29. The first-order chi connectivity index (χ1) is 11.1. The maximum atomic E-state index is 12.8. The maximum Gasteiger partial charge on any atom is 0.270 e. The smallest absolute Gasteiger partial charge is 0.270 e. The number of nitrogens with zero attached hydrogens (tertiary/aromatic N) is 1. The highest BCUT2D eigenvalue weighted by atomic mass is 35.5. The van der Waals surface area contributed by atoms with Gasteiger partial charge >= 0.3 is 0 Å². The minimum Gasteiger partial charge on any atom is -0.337 e. The van der Waals surface area contributed by atoms with Gasteiger partial charge < -0.3 is 15.2 Å². The molecule has 1 aromatic carbocycles. The van der Waals surface area contributed by atoms with Gasteiger partial charge in [-0.3, -0.25) is 9.59 Å². The van der Waals surface area contributed by atoms with Crippen molar-refractivity contribution in [1.82, 2.24) is 15.2 Å². The third kappa shape index (κ3) is 2.94. The Bertz CT molecular complexity index is 807. The van der Waals surface area contributed by atoms with Crippen LogP contribution in [0.5, 0.6) is 0 Å². The van der Waals surface area contributed by atoms with Gasteiger partial charge in [-0.15, -0.1) is 12.4 Å². The number of hydrogen-bond acceptors (Lipinski definition) is 3. The Hall–Kier alpha value is -1.85. The fourth-order valence-electron chi connectivity index (χ4n) is 4.03. The van der Waals surface area contributed by atoms with Crippen LogP contribution in [0.2, 0.25) is 0 Å². The molecule has 3 heterocycles. The number of nitrogens with one attached hydrogen (secondary N) is 2. The van der Waals surface area contributed by atoms with Gasteiger partial charge in [-0.2, -0.15) is 0 Å². The van der Waals surface area contributed by atoms with Gasteiger partial charge in [0.2, 0.25) is 0 Å². The van der Waals surface area contributed by atoms with Gasteiger partial charge in [-0.1, -0.05) is 18.2 Å². The van der Waals surface area contributed by atoms with Crippen LogP contribution in [-0.2, 0) is 0 Å². The molecule has 6 heteroatoms. The second kappa shape index (κ2) is 6.57. The standard InChI is InChI=1S/C18H21N3O2.ClH/c1-21(14-9-12-6-7-13(10-14)19-12)18(23)16-8-11-4-2-3-5-15(11)17(22)20-16;/h2-5,8,12-14,19H,6-7,9-10H2,1H3,(H,20,22);1H. The molecular weight excluding hydrogens is 326 g/mol. The summed E-state index contributed by atoms with van der Waals surface area (Å²) < 4.78 is 0. The van der Waals surface area contributed by atoms with Crippen LogP contribution in [0, 0.1) is 0 Å². The Labute approximate surface area is 146 Å². The number of pyridine rings is 1. The Balaban J connectivity index is 0.00000169. The van der Waals surface area contributed by atoms with Gasteiger partial charge in [-0.05, 0) is 43.2 Å². The van der Waals surface area contributed by atoms with Gasteiger partial charge in [-0.25, -0.2) is 0 Å². The number of hydrogen-bond donors (Lipinski definition) is 2. The molecule has 2 N–H and O–H groups in total. The van der Waals surface area contributed by atoms with E-state index in [-0.39, 0.29) is 29.9 Å². The minimum atomic E-state index is -0.203. The van der Waals surface area contributed by atoms with Gasteiger partial charge in [0.05, 0.1) is 0 Å². The molecule has 2 fully saturated rings. The van der Waals surface area contributed by atoms with Crippen molar-refractivity contribution < 1.29 is 4.79 Å². The molecule has 2 saturated heterocycles. The third-order valence-electron chi connectivity index (χ3n) is 5.30. The highest BCUT2D eigenvalue weighted by molar-refractivity contribution is 5.96. The number of benzene rings is 1. The second-order valence-corrected chi connectivity index (χ2v) is 6.78. The number of amides is 1. The Kier molecular flexibility index (Phi) is 4.65. The number of halogens is 1. The number of rotatable bonds is 2. The average molecular weight is 348 g/mol. The molecule has 1 amide bonds.